The molecule has 0 amide bonds. The van der Waals surface area contributed by atoms with E-state index in [4.69, 9.17) is 22.3 Å². The van der Waals surface area contributed by atoms with Gasteiger partial charge in [0.1, 0.15) is 13.1 Å². The first kappa shape index (κ1) is 8.89. The Hall–Kier alpha value is -2.20. The van der Waals surface area contributed by atoms with Gasteiger partial charge in [-0.3, -0.25) is 0 Å². The number of nitrogens with zero attached hydrogens (tertiary/aromatic N) is 2. The summed E-state index contributed by atoms with van der Waals surface area (Å²) >= 11 is 0. The third-order valence-electron chi connectivity index (χ3n) is 1.36. The Bertz CT molecular complexity index is 374. The third-order valence-corrected chi connectivity index (χ3v) is 1.36. The highest BCUT2D eigenvalue weighted by Crippen LogP contribution is 2.21. The molecule has 0 aliphatic carbocycles. The molecule has 0 bridgehead atoms. The Labute approximate surface area is 75.7 Å². The average Bonchev–Trinajstić information content (AvgIpc) is 2.66. The van der Waals surface area contributed by atoms with Crippen LogP contribution in [-0.2, 0) is 4.74 Å². The van der Waals surface area contributed by atoms with Crippen LogP contribution < -0.4 is 0 Å². The van der Waals surface area contributed by atoms with E-state index in [0.29, 0.717) is 5.76 Å². The molecule has 0 aliphatic rings. The van der Waals surface area contributed by atoms with Crippen molar-refractivity contribution >= 4 is 5.76 Å². The fraction of sp³-hybridized carbons (Fsp3) is 0.111. The van der Waals surface area contributed by atoms with Gasteiger partial charge in [-0.1, -0.05) is 0 Å². The van der Waals surface area contributed by atoms with Gasteiger partial charge in [-0.15, -0.1) is 0 Å². The highest BCUT2D eigenvalue weighted by molar-refractivity contribution is 5.62. The maximum Gasteiger partial charge on any atom is 0.565 e. The lowest BCUT2D eigenvalue weighted by Gasteiger charge is -1.97. The van der Waals surface area contributed by atoms with Crippen molar-refractivity contribution in [3.05, 3.63) is 52.8 Å². The lowest BCUT2D eigenvalue weighted by molar-refractivity contribution is 0.350. The monoisotopic (exact) mass is 174 g/mol. The van der Waals surface area contributed by atoms with Crippen LogP contribution in [0.5, 0.6) is 0 Å². The van der Waals surface area contributed by atoms with Crippen molar-refractivity contribution in [3.8, 4) is 0 Å². The quantitative estimate of drug-likeness (QED) is 0.509. The van der Waals surface area contributed by atoms with E-state index in [1.165, 1.54) is 13.4 Å². The SMILES string of the molecule is [C-]#[N+]C([N+]#[C-])=C(OC)c1ccco1. The summed E-state index contributed by atoms with van der Waals surface area (Å²) in [5, 5.41) is 0. The number of furan rings is 1. The molecule has 0 radical (unpaired) electrons. The second-order valence-electron chi connectivity index (χ2n) is 2.06. The molecule has 13 heavy (non-hydrogen) atoms. The van der Waals surface area contributed by atoms with Crippen LogP contribution in [0.2, 0.25) is 0 Å². The standard InChI is InChI=1S/C9H6N2O2/c1-10-9(11-2)8(12-3)7-5-4-6-13-7/h4-6H,3H3. The summed E-state index contributed by atoms with van der Waals surface area (Å²) in [5.41, 5.74) is 0. The summed E-state index contributed by atoms with van der Waals surface area (Å²) in [6, 6.07) is 3.30. The van der Waals surface area contributed by atoms with Crippen molar-refractivity contribution in [2.75, 3.05) is 7.11 Å². The van der Waals surface area contributed by atoms with Gasteiger partial charge in [0.2, 0.25) is 0 Å². The van der Waals surface area contributed by atoms with Crippen LogP contribution in [0.4, 0.5) is 0 Å². The van der Waals surface area contributed by atoms with E-state index in [9.17, 15) is 0 Å². The largest absolute Gasteiger partial charge is 0.565 e. The Balaban J connectivity index is 3.21. The van der Waals surface area contributed by atoms with Gasteiger partial charge >= 0.3 is 5.82 Å². The first-order chi connectivity index (χ1) is 6.33. The Morgan fingerprint density at radius 1 is 1.46 bits per heavy atom. The van der Waals surface area contributed by atoms with Crippen molar-refractivity contribution in [2.24, 2.45) is 0 Å². The van der Waals surface area contributed by atoms with E-state index in [2.05, 4.69) is 9.69 Å². The first-order valence-electron chi connectivity index (χ1n) is 3.40. The van der Waals surface area contributed by atoms with E-state index >= 15 is 0 Å². The molecule has 0 saturated carbocycles. The molecule has 0 unspecified atom stereocenters. The summed E-state index contributed by atoms with van der Waals surface area (Å²) in [7, 11) is 1.40. The van der Waals surface area contributed by atoms with Crippen LogP contribution in [0, 0.1) is 13.1 Å². The Kier molecular flexibility index (Phi) is 2.73. The summed E-state index contributed by atoms with van der Waals surface area (Å²) in [5.74, 6) is 0.442. The van der Waals surface area contributed by atoms with Crippen LogP contribution in [-0.4, -0.2) is 7.11 Å². The molecule has 0 saturated heterocycles. The van der Waals surface area contributed by atoms with Crippen LogP contribution in [0.15, 0.2) is 28.6 Å². The van der Waals surface area contributed by atoms with Crippen LogP contribution in [0.1, 0.15) is 5.76 Å². The predicted molar refractivity (Wildman–Crippen MR) is 45.8 cm³/mol. The van der Waals surface area contributed by atoms with Gasteiger partial charge in [-0.2, -0.15) is 9.69 Å². The molecule has 0 N–H and O–H groups in total. The maximum atomic E-state index is 6.73. The van der Waals surface area contributed by atoms with E-state index in [0.717, 1.165) is 0 Å². The molecule has 0 fully saturated rings. The molecule has 1 heterocycles. The van der Waals surface area contributed by atoms with Gasteiger partial charge in [-0.05, 0) is 12.1 Å². The average molecular weight is 174 g/mol. The molecule has 1 rings (SSSR count). The number of hydrogen-bond acceptors (Lipinski definition) is 2. The van der Waals surface area contributed by atoms with Gasteiger partial charge in [0.25, 0.3) is 5.76 Å². The van der Waals surface area contributed by atoms with E-state index in [1.54, 1.807) is 12.1 Å². The first-order valence-corrected chi connectivity index (χ1v) is 3.40. The van der Waals surface area contributed by atoms with Crippen molar-refractivity contribution in [1.82, 2.24) is 0 Å². The van der Waals surface area contributed by atoms with E-state index in [-0.39, 0.29) is 11.6 Å². The second kappa shape index (κ2) is 3.99. The van der Waals surface area contributed by atoms with Crippen molar-refractivity contribution in [3.63, 3.8) is 0 Å². The number of ether oxygens (including phenoxy) is 1. The molecule has 64 valence electrons. The summed E-state index contributed by atoms with van der Waals surface area (Å²) in [6.45, 7) is 13.5. The molecular formula is C9H6N2O2. The van der Waals surface area contributed by atoms with Crippen LogP contribution in [0.3, 0.4) is 0 Å². The summed E-state index contributed by atoms with van der Waals surface area (Å²) < 4.78 is 9.90. The summed E-state index contributed by atoms with van der Waals surface area (Å²) in [6.07, 6.45) is 1.46. The van der Waals surface area contributed by atoms with Crippen molar-refractivity contribution in [1.29, 1.82) is 0 Å². The topological polar surface area (TPSA) is 31.1 Å². The van der Waals surface area contributed by atoms with Gasteiger partial charge in [0, 0.05) is 0 Å². The molecule has 1 aromatic heterocycles. The fourth-order valence-electron chi connectivity index (χ4n) is 0.836. The van der Waals surface area contributed by atoms with Gasteiger partial charge < -0.3 is 9.15 Å². The zero-order valence-corrected chi connectivity index (χ0v) is 6.94. The molecule has 4 heteroatoms. The van der Waals surface area contributed by atoms with Crippen molar-refractivity contribution in [2.45, 2.75) is 0 Å². The molecule has 4 nitrogen and oxygen atoms in total. The number of methoxy groups -OCH3 is 1. The molecule has 0 aliphatic heterocycles. The Morgan fingerprint density at radius 2 is 2.15 bits per heavy atom. The zero-order valence-electron chi connectivity index (χ0n) is 6.94. The molecule has 0 spiro atoms. The van der Waals surface area contributed by atoms with Crippen LogP contribution >= 0.6 is 0 Å². The minimum Gasteiger partial charge on any atom is -0.498 e. The van der Waals surface area contributed by atoms with E-state index < -0.39 is 0 Å². The van der Waals surface area contributed by atoms with Gasteiger partial charge in [0.15, 0.2) is 5.76 Å². The van der Waals surface area contributed by atoms with E-state index in [1.807, 2.05) is 0 Å². The summed E-state index contributed by atoms with van der Waals surface area (Å²) in [4.78, 5) is 6.05. The predicted octanol–water partition coefficient (Wildman–Crippen LogP) is 2.39. The highest BCUT2D eigenvalue weighted by atomic mass is 16.5. The maximum absolute atomic E-state index is 6.73. The van der Waals surface area contributed by atoms with Gasteiger partial charge in [0.05, 0.1) is 13.4 Å². The fourth-order valence-corrected chi connectivity index (χ4v) is 0.836. The number of rotatable bonds is 2. The third kappa shape index (κ3) is 1.69. The normalized spacial score (nSPS) is 8.23. The minimum atomic E-state index is -0.127. The smallest absolute Gasteiger partial charge is 0.498 e. The molecule has 0 atom stereocenters. The number of hydrogen-bond donors (Lipinski definition) is 0. The minimum absolute atomic E-state index is 0.127. The van der Waals surface area contributed by atoms with Crippen LogP contribution in [0.25, 0.3) is 15.4 Å². The van der Waals surface area contributed by atoms with Gasteiger partial charge in [-0.25, -0.2) is 0 Å². The lowest BCUT2D eigenvalue weighted by Crippen LogP contribution is -1.86. The second-order valence-corrected chi connectivity index (χ2v) is 2.06. The molecular weight excluding hydrogens is 168 g/mol. The Morgan fingerprint density at radius 3 is 2.54 bits per heavy atom. The highest BCUT2D eigenvalue weighted by Gasteiger charge is 2.19. The van der Waals surface area contributed by atoms with Crippen molar-refractivity contribution < 1.29 is 9.15 Å². The lowest BCUT2D eigenvalue weighted by atomic mass is 10.3. The zero-order chi connectivity index (χ0) is 9.68. The molecule has 0 aromatic carbocycles. The molecule has 1 aromatic rings.